The van der Waals surface area contributed by atoms with Gasteiger partial charge in [0, 0.05) is 31.6 Å². The van der Waals surface area contributed by atoms with E-state index in [0.29, 0.717) is 30.8 Å². The highest BCUT2D eigenvalue weighted by Gasteiger charge is 2.19. The minimum absolute atomic E-state index is 0.287. The fraction of sp³-hybridized carbons (Fsp3) is 0.250. The van der Waals surface area contributed by atoms with Gasteiger partial charge in [-0.25, -0.2) is 17.5 Å². The first-order chi connectivity index (χ1) is 12.9. The highest BCUT2D eigenvalue weighted by molar-refractivity contribution is 7.89. The second kappa shape index (κ2) is 7.94. The average Bonchev–Trinajstić information content (AvgIpc) is 2.65. The molecule has 6 nitrogen and oxygen atoms in total. The highest BCUT2D eigenvalue weighted by Crippen LogP contribution is 2.21. The van der Waals surface area contributed by atoms with E-state index in [2.05, 4.69) is 5.32 Å². The molecule has 0 fully saturated rings. The maximum absolute atomic E-state index is 12.6. The molecule has 0 aliphatic rings. The molecule has 0 saturated heterocycles. The number of sulfonamides is 1. The van der Waals surface area contributed by atoms with Crippen LogP contribution in [0.1, 0.15) is 12.0 Å². The molecule has 0 atom stereocenters. The van der Waals surface area contributed by atoms with Gasteiger partial charge in [0.25, 0.3) is 0 Å². The monoisotopic (exact) mass is 386 g/mol. The first-order valence-electron chi connectivity index (χ1n) is 8.68. The van der Waals surface area contributed by atoms with Gasteiger partial charge in [0.05, 0.1) is 10.6 Å². The van der Waals surface area contributed by atoms with Gasteiger partial charge >= 0.3 is 5.63 Å². The zero-order valence-corrected chi connectivity index (χ0v) is 16.1. The van der Waals surface area contributed by atoms with Crippen LogP contribution in [-0.2, 0) is 10.0 Å². The molecule has 0 saturated carbocycles. The van der Waals surface area contributed by atoms with E-state index >= 15 is 0 Å². The Hall–Kier alpha value is -2.64. The van der Waals surface area contributed by atoms with Crippen molar-refractivity contribution in [1.82, 2.24) is 4.31 Å². The van der Waals surface area contributed by atoms with Crippen LogP contribution in [0.5, 0.6) is 0 Å². The molecule has 0 bridgehead atoms. The van der Waals surface area contributed by atoms with Gasteiger partial charge in [-0.2, -0.15) is 0 Å². The van der Waals surface area contributed by atoms with Crippen LogP contribution >= 0.6 is 0 Å². The minimum Gasteiger partial charge on any atom is -0.423 e. The normalized spacial score (nSPS) is 11.8. The first kappa shape index (κ1) is 19.1. The Balaban J connectivity index is 1.62. The second-order valence-electron chi connectivity index (χ2n) is 6.40. The first-order valence-corrected chi connectivity index (χ1v) is 10.1. The lowest BCUT2D eigenvalue weighted by atomic mass is 10.2. The van der Waals surface area contributed by atoms with Crippen LogP contribution in [0.25, 0.3) is 11.0 Å². The molecule has 0 unspecified atom stereocenters. The summed E-state index contributed by atoms with van der Waals surface area (Å²) in [5, 5.41) is 4.02. The van der Waals surface area contributed by atoms with Crippen LogP contribution in [0.15, 0.2) is 68.7 Å². The molecule has 3 rings (SSSR count). The molecule has 142 valence electrons. The summed E-state index contributed by atoms with van der Waals surface area (Å²) in [7, 11) is -1.93. The Morgan fingerprint density at radius 2 is 1.78 bits per heavy atom. The number of nitrogens with one attached hydrogen (secondary N) is 1. The summed E-state index contributed by atoms with van der Waals surface area (Å²) in [5.74, 6) is 0. The van der Waals surface area contributed by atoms with Gasteiger partial charge in [-0.15, -0.1) is 0 Å². The number of anilines is 1. The van der Waals surface area contributed by atoms with E-state index in [1.54, 1.807) is 43.4 Å². The van der Waals surface area contributed by atoms with Crippen LogP contribution in [0.3, 0.4) is 0 Å². The standard InChI is InChI=1S/C20H22N2O4S/c1-15-8-10-16(11-9-15)27(24,25)22(2)13-5-12-21-18-14-20(23)26-19-7-4-3-6-17(18)19/h3-4,6-11,14,21H,5,12-13H2,1-2H3. The van der Waals surface area contributed by atoms with Crippen LogP contribution in [-0.4, -0.2) is 32.9 Å². The molecule has 0 radical (unpaired) electrons. The molecule has 27 heavy (non-hydrogen) atoms. The van der Waals surface area contributed by atoms with Crippen molar-refractivity contribution in [3.8, 4) is 0 Å². The number of nitrogens with zero attached hydrogens (tertiary/aromatic N) is 1. The Morgan fingerprint density at radius 1 is 1.07 bits per heavy atom. The van der Waals surface area contributed by atoms with Crippen molar-refractivity contribution >= 4 is 26.7 Å². The lowest BCUT2D eigenvalue weighted by Gasteiger charge is -2.17. The smallest absolute Gasteiger partial charge is 0.338 e. The molecule has 0 aliphatic carbocycles. The SMILES string of the molecule is Cc1ccc(S(=O)(=O)N(C)CCCNc2cc(=O)oc3ccccc23)cc1. The van der Waals surface area contributed by atoms with Gasteiger partial charge < -0.3 is 9.73 Å². The average molecular weight is 386 g/mol. The molecule has 0 spiro atoms. The third kappa shape index (κ3) is 4.37. The van der Waals surface area contributed by atoms with Crippen LogP contribution in [0, 0.1) is 6.92 Å². The molecule has 0 aliphatic heterocycles. The highest BCUT2D eigenvalue weighted by atomic mass is 32.2. The molecule has 1 N–H and O–H groups in total. The molecular formula is C20H22N2O4S. The fourth-order valence-electron chi connectivity index (χ4n) is 2.79. The maximum Gasteiger partial charge on any atom is 0.338 e. The summed E-state index contributed by atoms with van der Waals surface area (Å²) in [6.45, 7) is 2.81. The lowest BCUT2D eigenvalue weighted by molar-refractivity contribution is 0.465. The molecule has 7 heteroatoms. The number of rotatable bonds is 7. The lowest BCUT2D eigenvalue weighted by Crippen LogP contribution is -2.29. The van der Waals surface area contributed by atoms with Crippen molar-refractivity contribution in [2.75, 3.05) is 25.5 Å². The van der Waals surface area contributed by atoms with Crippen molar-refractivity contribution in [2.45, 2.75) is 18.2 Å². The quantitative estimate of drug-likeness (QED) is 0.498. The third-order valence-corrected chi connectivity index (χ3v) is 6.22. The Kier molecular flexibility index (Phi) is 5.62. The summed E-state index contributed by atoms with van der Waals surface area (Å²) in [5.41, 5.74) is 1.80. The van der Waals surface area contributed by atoms with Gasteiger partial charge in [-0.3, -0.25) is 0 Å². The molecule has 3 aromatic rings. The number of benzene rings is 2. The number of para-hydroxylation sites is 1. The zero-order chi connectivity index (χ0) is 19.4. The van der Waals surface area contributed by atoms with Crippen LogP contribution < -0.4 is 10.9 Å². The van der Waals surface area contributed by atoms with Crippen molar-refractivity contribution < 1.29 is 12.8 Å². The summed E-state index contributed by atoms with van der Waals surface area (Å²) in [6.07, 6.45) is 0.593. The predicted octanol–water partition coefficient (Wildman–Crippen LogP) is 3.22. The number of hydrogen-bond acceptors (Lipinski definition) is 5. The van der Waals surface area contributed by atoms with Gasteiger partial charge in [0.1, 0.15) is 5.58 Å². The van der Waals surface area contributed by atoms with Crippen molar-refractivity contribution in [3.63, 3.8) is 0 Å². The Morgan fingerprint density at radius 3 is 2.52 bits per heavy atom. The second-order valence-corrected chi connectivity index (χ2v) is 8.44. The van der Waals surface area contributed by atoms with E-state index in [0.717, 1.165) is 10.9 Å². The molecule has 1 aromatic heterocycles. The Labute approximate surface area is 158 Å². The largest absolute Gasteiger partial charge is 0.423 e. The minimum atomic E-state index is -3.50. The van der Waals surface area contributed by atoms with E-state index in [9.17, 15) is 13.2 Å². The van der Waals surface area contributed by atoms with Crippen LogP contribution in [0.2, 0.25) is 0 Å². The molecule has 2 aromatic carbocycles. The molecular weight excluding hydrogens is 364 g/mol. The van der Waals surface area contributed by atoms with E-state index < -0.39 is 15.6 Å². The van der Waals surface area contributed by atoms with Crippen molar-refractivity contribution in [2.24, 2.45) is 0 Å². The summed E-state index contributed by atoms with van der Waals surface area (Å²) in [6, 6.07) is 15.5. The van der Waals surface area contributed by atoms with E-state index in [-0.39, 0.29) is 4.90 Å². The van der Waals surface area contributed by atoms with Crippen LogP contribution in [0.4, 0.5) is 5.69 Å². The summed E-state index contributed by atoms with van der Waals surface area (Å²) < 4.78 is 31.7. The van der Waals surface area contributed by atoms with Crippen molar-refractivity contribution in [1.29, 1.82) is 0 Å². The zero-order valence-electron chi connectivity index (χ0n) is 15.3. The molecule has 0 amide bonds. The summed E-state index contributed by atoms with van der Waals surface area (Å²) in [4.78, 5) is 12.0. The predicted molar refractivity (Wildman–Crippen MR) is 107 cm³/mol. The van der Waals surface area contributed by atoms with E-state index in [1.807, 2.05) is 19.1 Å². The third-order valence-electron chi connectivity index (χ3n) is 4.34. The number of hydrogen-bond donors (Lipinski definition) is 1. The fourth-order valence-corrected chi connectivity index (χ4v) is 4.00. The topological polar surface area (TPSA) is 79.6 Å². The van der Waals surface area contributed by atoms with Gasteiger partial charge in [-0.05, 0) is 37.6 Å². The maximum atomic E-state index is 12.6. The molecule has 1 heterocycles. The van der Waals surface area contributed by atoms with Gasteiger partial charge in [-0.1, -0.05) is 29.8 Å². The van der Waals surface area contributed by atoms with E-state index in [4.69, 9.17) is 4.42 Å². The Bertz CT molecular complexity index is 1090. The van der Waals surface area contributed by atoms with Gasteiger partial charge in [0.2, 0.25) is 10.0 Å². The summed E-state index contributed by atoms with van der Waals surface area (Å²) >= 11 is 0. The van der Waals surface area contributed by atoms with E-state index in [1.165, 1.54) is 10.4 Å². The number of aryl methyl sites for hydroxylation is 1. The van der Waals surface area contributed by atoms with Gasteiger partial charge in [0.15, 0.2) is 0 Å². The number of fused-ring (bicyclic) bond motifs is 1. The van der Waals surface area contributed by atoms with Crippen molar-refractivity contribution in [3.05, 3.63) is 70.6 Å².